The molecule has 0 spiro atoms. The van der Waals surface area contributed by atoms with Crippen LogP contribution in [0.4, 0.5) is 4.79 Å². The van der Waals surface area contributed by atoms with Gasteiger partial charge in [0.25, 0.3) is 0 Å². The summed E-state index contributed by atoms with van der Waals surface area (Å²) < 4.78 is 11.3. The van der Waals surface area contributed by atoms with Crippen molar-refractivity contribution in [3.8, 4) is 11.1 Å². The van der Waals surface area contributed by atoms with Gasteiger partial charge in [-0.25, -0.2) is 9.59 Å². The van der Waals surface area contributed by atoms with Crippen LogP contribution in [0.5, 0.6) is 0 Å². The Morgan fingerprint density at radius 1 is 0.938 bits per heavy atom. The molecule has 2 atom stereocenters. The fourth-order valence-electron chi connectivity index (χ4n) is 4.16. The molecule has 6 nitrogen and oxygen atoms in total. The second-order valence-corrected chi connectivity index (χ2v) is 7.87. The Labute approximate surface area is 187 Å². The number of carboxylic acids is 1. The first-order chi connectivity index (χ1) is 15.5. The number of hydrogen-bond acceptors (Lipinski definition) is 4. The van der Waals surface area contributed by atoms with Gasteiger partial charge in [-0.1, -0.05) is 84.9 Å². The van der Waals surface area contributed by atoms with Gasteiger partial charge in [-0.15, -0.1) is 0 Å². The van der Waals surface area contributed by atoms with E-state index in [-0.39, 0.29) is 19.6 Å². The number of ether oxygens (including phenoxy) is 2. The van der Waals surface area contributed by atoms with Gasteiger partial charge in [-0.2, -0.15) is 0 Å². The maximum Gasteiger partial charge on any atom is 0.410 e. The summed E-state index contributed by atoms with van der Waals surface area (Å²) in [5.41, 5.74) is 2.87. The van der Waals surface area contributed by atoms with Crippen LogP contribution in [-0.2, 0) is 26.5 Å². The first-order valence-corrected chi connectivity index (χ1v) is 10.4. The summed E-state index contributed by atoms with van der Waals surface area (Å²) in [6, 6.07) is 26.1. The van der Waals surface area contributed by atoms with Crippen LogP contribution in [0, 0.1) is 0 Å². The summed E-state index contributed by atoms with van der Waals surface area (Å²) >= 11 is 0. The Hall–Kier alpha value is -3.64. The molecule has 0 radical (unpaired) electrons. The van der Waals surface area contributed by atoms with Crippen molar-refractivity contribution in [2.45, 2.75) is 24.7 Å². The van der Waals surface area contributed by atoms with Crippen LogP contribution in [0.25, 0.3) is 11.1 Å². The quantitative estimate of drug-likeness (QED) is 0.613. The minimum absolute atomic E-state index is 0.0776. The molecule has 1 N–H and O–H groups in total. The summed E-state index contributed by atoms with van der Waals surface area (Å²) in [5, 5.41) is 9.78. The van der Waals surface area contributed by atoms with Gasteiger partial charge in [0.2, 0.25) is 0 Å². The minimum atomic E-state index is -1.08. The van der Waals surface area contributed by atoms with Crippen molar-refractivity contribution in [3.05, 3.63) is 96.1 Å². The number of hydrogen-bond donors (Lipinski definition) is 1. The number of carbonyl (C=O) groups excluding carboxylic acids is 1. The molecule has 0 bridgehead atoms. The van der Waals surface area contributed by atoms with Gasteiger partial charge < -0.3 is 14.6 Å². The molecular weight excluding hydrogens is 406 g/mol. The summed E-state index contributed by atoms with van der Waals surface area (Å²) in [4.78, 5) is 26.0. The third-order valence-electron chi connectivity index (χ3n) is 5.96. The second kappa shape index (κ2) is 9.24. The predicted molar refractivity (Wildman–Crippen MR) is 120 cm³/mol. The van der Waals surface area contributed by atoms with Crippen LogP contribution >= 0.6 is 0 Å². The molecule has 32 heavy (non-hydrogen) atoms. The zero-order valence-electron chi connectivity index (χ0n) is 17.8. The van der Waals surface area contributed by atoms with Gasteiger partial charge in [-0.3, -0.25) is 4.90 Å². The fourth-order valence-corrected chi connectivity index (χ4v) is 4.16. The van der Waals surface area contributed by atoms with Gasteiger partial charge >= 0.3 is 12.1 Å². The average Bonchev–Trinajstić information content (AvgIpc) is 3.26. The maximum absolute atomic E-state index is 12.8. The molecular formula is C26H25NO5. The number of carbonyl (C=O) groups is 2. The molecule has 6 heteroatoms. The highest BCUT2D eigenvalue weighted by atomic mass is 16.6. The number of benzene rings is 3. The second-order valence-electron chi connectivity index (χ2n) is 7.87. The van der Waals surface area contributed by atoms with Crippen molar-refractivity contribution in [1.82, 2.24) is 4.90 Å². The highest BCUT2D eigenvalue weighted by Crippen LogP contribution is 2.40. The van der Waals surface area contributed by atoms with E-state index < -0.39 is 23.7 Å². The van der Waals surface area contributed by atoms with Crippen molar-refractivity contribution in [2.24, 2.45) is 0 Å². The number of aliphatic carboxylic acids is 1. The number of methoxy groups -OCH3 is 1. The van der Waals surface area contributed by atoms with E-state index in [0.717, 1.165) is 22.3 Å². The summed E-state index contributed by atoms with van der Waals surface area (Å²) in [6.07, 6.45) is -0.523. The molecule has 1 aliphatic heterocycles. The Bertz CT molecular complexity index is 1070. The van der Waals surface area contributed by atoms with Crippen molar-refractivity contribution in [2.75, 3.05) is 13.7 Å². The van der Waals surface area contributed by atoms with Crippen molar-refractivity contribution < 1.29 is 24.2 Å². The van der Waals surface area contributed by atoms with Crippen molar-refractivity contribution in [3.63, 3.8) is 0 Å². The Balaban J connectivity index is 1.55. The van der Waals surface area contributed by atoms with Crippen LogP contribution in [-0.4, -0.2) is 41.8 Å². The van der Waals surface area contributed by atoms with Gasteiger partial charge in [0.15, 0.2) is 0 Å². The van der Waals surface area contributed by atoms with Gasteiger partial charge in [0.05, 0.1) is 6.54 Å². The van der Waals surface area contributed by atoms with Crippen LogP contribution < -0.4 is 0 Å². The van der Waals surface area contributed by atoms with E-state index in [9.17, 15) is 14.7 Å². The van der Waals surface area contributed by atoms with E-state index in [1.165, 1.54) is 4.90 Å². The predicted octanol–water partition coefficient (Wildman–Crippen LogP) is 4.69. The van der Waals surface area contributed by atoms with Crippen molar-refractivity contribution in [1.29, 1.82) is 0 Å². The number of nitrogens with zero attached hydrogens (tertiary/aromatic N) is 1. The first kappa shape index (κ1) is 21.6. The lowest BCUT2D eigenvalue weighted by Crippen LogP contribution is -2.41. The number of likely N-dealkylation sites (tertiary alicyclic amines) is 1. The summed E-state index contributed by atoms with van der Waals surface area (Å²) in [5.74, 6) is -1.08. The van der Waals surface area contributed by atoms with E-state index in [1.807, 2.05) is 84.9 Å². The maximum atomic E-state index is 12.8. The number of rotatable bonds is 6. The smallest absolute Gasteiger partial charge is 0.410 e. The van der Waals surface area contributed by atoms with Gasteiger partial charge in [0, 0.05) is 13.5 Å². The topological polar surface area (TPSA) is 76.1 Å². The molecule has 164 valence electrons. The zero-order valence-corrected chi connectivity index (χ0v) is 17.8. The minimum Gasteiger partial charge on any atom is -0.480 e. The molecule has 1 aliphatic rings. The van der Waals surface area contributed by atoms with Crippen LogP contribution in [0.1, 0.15) is 17.5 Å². The lowest BCUT2D eigenvalue weighted by molar-refractivity contribution is -0.142. The molecule has 1 saturated heterocycles. The van der Waals surface area contributed by atoms with E-state index in [4.69, 9.17) is 9.47 Å². The van der Waals surface area contributed by atoms with Crippen LogP contribution in [0.15, 0.2) is 84.9 Å². The fraction of sp³-hybridized carbons (Fsp3) is 0.231. The number of amides is 1. The molecule has 0 saturated carbocycles. The largest absolute Gasteiger partial charge is 0.480 e. The average molecular weight is 431 g/mol. The normalized spacial score (nSPS) is 20.2. The van der Waals surface area contributed by atoms with Crippen LogP contribution in [0.2, 0.25) is 0 Å². The third kappa shape index (κ3) is 4.36. The van der Waals surface area contributed by atoms with E-state index in [1.54, 1.807) is 7.11 Å². The Morgan fingerprint density at radius 3 is 2.12 bits per heavy atom. The molecule has 3 aromatic rings. The zero-order chi connectivity index (χ0) is 22.6. The number of carboxylic acid groups (broad SMARTS) is 1. The summed E-state index contributed by atoms with van der Waals surface area (Å²) in [7, 11) is 1.54. The molecule has 1 heterocycles. The summed E-state index contributed by atoms with van der Waals surface area (Å²) in [6.45, 7) is 0.174. The van der Waals surface area contributed by atoms with E-state index in [0.29, 0.717) is 0 Å². The molecule has 1 fully saturated rings. The van der Waals surface area contributed by atoms with Crippen molar-refractivity contribution >= 4 is 12.1 Å². The highest BCUT2D eigenvalue weighted by molar-refractivity contribution is 5.81. The molecule has 3 aromatic carbocycles. The standard InChI is InChI=1S/C26H25NO5/c1-31-26(22-14-12-21(13-15-22)20-10-6-3-7-11-20)16-23(24(28)29)27(18-26)25(30)32-17-19-8-4-2-5-9-19/h2-15,23H,16-18H2,1H3,(H,28,29)/t23-,26-/m0/s1. The Kier molecular flexibility index (Phi) is 6.23. The molecule has 0 aromatic heterocycles. The monoisotopic (exact) mass is 431 g/mol. The lowest BCUT2D eigenvalue weighted by Gasteiger charge is -2.28. The lowest BCUT2D eigenvalue weighted by atomic mass is 9.89. The Morgan fingerprint density at radius 2 is 1.53 bits per heavy atom. The van der Waals surface area contributed by atoms with Gasteiger partial charge in [-0.05, 0) is 22.3 Å². The van der Waals surface area contributed by atoms with E-state index >= 15 is 0 Å². The molecule has 4 rings (SSSR count). The highest BCUT2D eigenvalue weighted by Gasteiger charge is 2.51. The van der Waals surface area contributed by atoms with Crippen LogP contribution in [0.3, 0.4) is 0 Å². The van der Waals surface area contributed by atoms with E-state index in [2.05, 4.69) is 0 Å². The molecule has 0 unspecified atom stereocenters. The SMILES string of the molecule is CO[C@@]1(c2ccc(-c3ccccc3)cc2)C[C@@H](C(=O)O)N(C(=O)OCc2ccccc2)C1. The van der Waals surface area contributed by atoms with Gasteiger partial charge in [0.1, 0.15) is 18.2 Å². The molecule has 1 amide bonds. The molecule has 0 aliphatic carbocycles. The third-order valence-corrected chi connectivity index (χ3v) is 5.96. The first-order valence-electron chi connectivity index (χ1n) is 10.4.